The second-order valence-electron chi connectivity index (χ2n) is 7.34. The van der Waals surface area contributed by atoms with Crippen molar-refractivity contribution in [3.8, 4) is 11.5 Å². The van der Waals surface area contributed by atoms with E-state index in [1.165, 1.54) is 12.1 Å². The van der Waals surface area contributed by atoms with Crippen LogP contribution in [-0.2, 0) is 16.6 Å². The quantitative estimate of drug-likeness (QED) is 0.511. The summed E-state index contributed by atoms with van der Waals surface area (Å²) in [5.41, 5.74) is 2.07. The maximum Gasteiger partial charge on any atom is 0.247 e. The van der Waals surface area contributed by atoms with Crippen molar-refractivity contribution in [1.29, 1.82) is 0 Å². The van der Waals surface area contributed by atoms with Crippen LogP contribution in [0.4, 0.5) is 10.1 Å². The third-order valence-electron chi connectivity index (χ3n) is 5.64. The van der Waals surface area contributed by atoms with Crippen LogP contribution in [0, 0.1) is 5.82 Å². The molecule has 0 fully saturated rings. The average Bonchev–Trinajstić information content (AvgIpc) is 3.33. The first kappa shape index (κ1) is 18.2. The Kier molecular flexibility index (Phi) is 4.20. The first-order valence-electron chi connectivity index (χ1n) is 9.61. The van der Waals surface area contributed by atoms with E-state index in [9.17, 15) is 9.18 Å². The average molecular weight is 399 g/mol. The van der Waals surface area contributed by atoms with E-state index in [1.807, 2.05) is 54.6 Å². The van der Waals surface area contributed by atoms with Crippen molar-refractivity contribution in [2.75, 3.05) is 11.9 Å². The summed E-state index contributed by atoms with van der Waals surface area (Å²) < 4.78 is 19.6. The maximum absolute atomic E-state index is 13.6. The fraction of sp³-hybridized carbons (Fsp3) is 0.125. The first-order valence-corrected chi connectivity index (χ1v) is 9.61. The molecule has 0 saturated carbocycles. The Morgan fingerprint density at radius 3 is 2.40 bits per heavy atom. The molecule has 1 aliphatic heterocycles. The van der Waals surface area contributed by atoms with Crippen molar-refractivity contribution in [3.63, 3.8) is 0 Å². The molecule has 0 bridgehead atoms. The minimum atomic E-state index is -1.07. The van der Waals surface area contributed by atoms with E-state index < -0.39 is 5.41 Å². The Labute approximate surface area is 172 Å². The lowest BCUT2D eigenvalue weighted by Crippen LogP contribution is -2.41. The molecule has 1 atom stereocenters. The van der Waals surface area contributed by atoms with Gasteiger partial charge in [0, 0.05) is 24.7 Å². The molecular weight excluding hydrogens is 381 g/mol. The third kappa shape index (κ3) is 2.72. The topological polar surface area (TPSA) is 59.2 Å². The Hall–Kier alpha value is -3.80. The van der Waals surface area contributed by atoms with E-state index in [1.54, 1.807) is 24.1 Å². The van der Waals surface area contributed by atoms with Crippen LogP contribution in [0.2, 0.25) is 0 Å². The lowest BCUT2D eigenvalue weighted by Gasteiger charge is -2.27. The zero-order valence-electron chi connectivity index (χ0n) is 16.2. The molecule has 0 radical (unpaired) electrons. The molecule has 0 N–H and O–H groups in total. The molecule has 5 nitrogen and oxygen atoms in total. The van der Waals surface area contributed by atoms with Gasteiger partial charge >= 0.3 is 0 Å². The summed E-state index contributed by atoms with van der Waals surface area (Å²) in [5.74, 6) is 0.267. The zero-order valence-corrected chi connectivity index (χ0v) is 16.2. The lowest BCUT2D eigenvalue weighted by molar-refractivity contribution is -0.121. The van der Waals surface area contributed by atoms with Crippen molar-refractivity contribution in [3.05, 3.63) is 102 Å². The summed E-state index contributed by atoms with van der Waals surface area (Å²) in [6.45, 7) is 0. The number of halogens is 1. The van der Waals surface area contributed by atoms with Crippen LogP contribution in [0.3, 0.4) is 0 Å². The van der Waals surface area contributed by atoms with Gasteiger partial charge in [0.15, 0.2) is 0 Å². The van der Waals surface area contributed by atoms with E-state index in [0.29, 0.717) is 17.3 Å². The van der Waals surface area contributed by atoms with Gasteiger partial charge in [0.05, 0.1) is 0 Å². The maximum atomic E-state index is 13.6. The third-order valence-corrected chi connectivity index (χ3v) is 5.64. The van der Waals surface area contributed by atoms with Crippen LogP contribution in [0.5, 0.6) is 0 Å². The number of carbonyl (C=O) groups is 1. The van der Waals surface area contributed by atoms with E-state index in [2.05, 4.69) is 10.2 Å². The van der Waals surface area contributed by atoms with Gasteiger partial charge in [-0.05, 0) is 41.5 Å². The van der Waals surface area contributed by atoms with Gasteiger partial charge in [0.25, 0.3) is 0 Å². The molecule has 2 heterocycles. The SMILES string of the molecule is CN1C(=O)[C@@](Cc2nnc(-c3ccccc3)o2)(c2ccc(F)cc2)c2ccccc21. The van der Waals surface area contributed by atoms with E-state index >= 15 is 0 Å². The van der Waals surface area contributed by atoms with Gasteiger partial charge in [0.1, 0.15) is 11.2 Å². The summed E-state index contributed by atoms with van der Waals surface area (Å²) in [6, 6.07) is 23.1. The summed E-state index contributed by atoms with van der Waals surface area (Å²) in [6.07, 6.45) is 0.179. The molecule has 1 aromatic heterocycles. The molecule has 5 rings (SSSR count). The second-order valence-corrected chi connectivity index (χ2v) is 7.34. The molecule has 0 aliphatic carbocycles. The highest BCUT2D eigenvalue weighted by molar-refractivity contribution is 6.10. The highest BCUT2D eigenvalue weighted by atomic mass is 19.1. The summed E-state index contributed by atoms with van der Waals surface area (Å²) in [7, 11) is 1.75. The molecule has 0 spiro atoms. The van der Waals surface area contributed by atoms with Crippen molar-refractivity contribution in [1.82, 2.24) is 10.2 Å². The highest BCUT2D eigenvalue weighted by Crippen LogP contribution is 2.47. The molecule has 1 aliphatic rings. The second kappa shape index (κ2) is 6.91. The predicted octanol–water partition coefficient (Wildman–Crippen LogP) is 4.38. The monoisotopic (exact) mass is 399 g/mol. The van der Waals surface area contributed by atoms with E-state index in [-0.39, 0.29) is 18.1 Å². The van der Waals surface area contributed by atoms with Crippen LogP contribution in [0.15, 0.2) is 83.3 Å². The number of fused-ring (bicyclic) bond motifs is 1. The van der Waals surface area contributed by atoms with Crippen LogP contribution in [0.1, 0.15) is 17.0 Å². The fourth-order valence-corrected chi connectivity index (χ4v) is 4.17. The standard InChI is InChI=1S/C24H18FN3O2/c1-28-20-10-6-5-9-19(20)24(23(28)29,17-11-13-18(25)14-12-17)15-21-26-27-22(30-21)16-7-3-2-4-8-16/h2-14H,15H2,1H3/t24-/m0/s1. The number of para-hydroxylation sites is 1. The highest BCUT2D eigenvalue weighted by Gasteiger charge is 2.52. The number of benzene rings is 3. The largest absolute Gasteiger partial charge is 0.421 e. The Morgan fingerprint density at radius 2 is 1.63 bits per heavy atom. The number of nitrogens with zero attached hydrogens (tertiary/aromatic N) is 3. The fourth-order valence-electron chi connectivity index (χ4n) is 4.17. The summed E-state index contributed by atoms with van der Waals surface area (Å²) >= 11 is 0. The zero-order chi connectivity index (χ0) is 20.7. The number of carbonyl (C=O) groups excluding carboxylic acids is 1. The van der Waals surface area contributed by atoms with Gasteiger partial charge in [-0.1, -0.05) is 48.5 Å². The normalized spacial score (nSPS) is 17.9. The van der Waals surface area contributed by atoms with Crippen LogP contribution in [-0.4, -0.2) is 23.2 Å². The first-order chi connectivity index (χ1) is 14.6. The number of hydrogen-bond donors (Lipinski definition) is 0. The molecule has 6 heteroatoms. The van der Waals surface area contributed by atoms with Gasteiger partial charge in [-0.3, -0.25) is 4.79 Å². The van der Waals surface area contributed by atoms with E-state index in [0.717, 1.165) is 16.8 Å². The number of amides is 1. The Morgan fingerprint density at radius 1 is 0.933 bits per heavy atom. The van der Waals surface area contributed by atoms with Gasteiger partial charge in [0.2, 0.25) is 17.7 Å². The Balaban J connectivity index is 1.65. The van der Waals surface area contributed by atoms with Crippen LogP contribution < -0.4 is 4.90 Å². The molecule has 0 unspecified atom stereocenters. The summed E-state index contributed by atoms with van der Waals surface area (Å²) in [4.78, 5) is 15.2. The molecule has 30 heavy (non-hydrogen) atoms. The Bertz CT molecular complexity index is 1220. The summed E-state index contributed by atoms with van der Waals surface area (Å²) in [5, 5.41) is 8.38. The molecule has 1 amide bonds. The number of rotatable bonds is 4. The van der Waals surface area contributed by atoms with Crippen LogP contribution in [0.25, 0.3) is 11.5 Å². The van der Waals surface area contributed by atoms with Crippen molar-refractivity contribution < 1.29 is 13.6 Å². The van der Waals surface area contributed by atoms with Crippen LogP contribution >= 0.6 is 0 Å². The number of anilines is 1. The number of likely N-dealkylation sites (N-methyl/N-ethyl adjacent to an activating group) is 1. The minimum absolute atomic E-state index is 0.116. The molecular formula is C24H18FN3O2. The molecule has 4 aromatic rings. The van der Waals surface area contributed by atoms with E-state index in [4.69, 9.17) is 4.42 Å². The molecule has 148 valence electrons. The minimum Gasteiger partial charge on any atom is -0.421 e. The smallest absolute Gasteiger partial charge is 0.247 e. The number of hydrogen-bond acceptors (Lipinski definition) is 4. The van der Waals surface area contributed by atoms with Gasteiger partial charge in [-0.2, -0.15) is 0 Å². The molecule has 3 aromatic carbocycles. The number of aromatic nitrogens is 2. The molecule has 0 saturated heterocycles. The van der Waals surface area contributed by atoms with Gasteiger partial charge in [-0.25, -0.2) is 4.39 Å². The van der Waals surface area contributed by atoms with Crippen molar-refractivity contribution in [2.45, 2.75) is 11.8 Å². The van der Waals surface area contributed by atoms with Crippen molar-refractivity contribution in [2.24, 2.45) is 0 Å². The lowest BCUT2D eigenvalue weighted by atomic mass is 9.73. The predicted molar refractivity (Wildman–Crippen MR) is 110 cm³/mol. The van der Waals surface area contributed by atoms with Gasteiger partial charge < -0.3 is 9.32 Å². The van der Waals surface area contributed by atoms with Gasteiger partial charge in [-0.15, -0.1) is 10.2 Å². The van der Waals surface area contributed by atoms with Crippen molar-refractivity contribution >= 4 is 11.6 Å².